The standard InChI is InChI=1S/C14H21FN2O3S.ClH/c1-10(17-14(18)5-4-8-16-2)11-6-7-13(12(15)9-11)21(3,19)20;/h6-7,9-10,16H,4-5,8H2,1-3H3,(H,17,18);1H. The van der Waals surface area contributed by atoms with Crippen LogP contribution in [0.1, 0.15) is 31.4 Å². The number of rotatable bonds is 7. The molecule has 5 nitrogen and oxygen atoms in total. The number of halogens is 2. The zero-order valence-electron chi connectivity index (χ0n) is 12.8. The third kappa shape index (κ3) is 6.29. The van der Waals surface area contributed by atoms with Gasteiger partial charge in [-0.15, -0.1) is 12.4 Å². The molecule has 1 unspecified atom stereocenters. The van der Waals surface area contributed by atoms with Gasteiger partial charge in [-0.1, -0.05) is 6.07 Å². The van der Waals surface area contributed by atoms with E-state index in [-0.39, 0.29) is 29.3 Å². The summed E-state index contributed by atoms with van der Waals surface area (Å²) in [5, 5.41) is 5.71. The van der Waals surface area contributed by atoms with Gasteiger partial charge in [0.05, 0.1) is 6.04 Å². The number of hydrogen-bond acceptors (Lipinski definition) is 4. The molecular weight excluding hydrogens is 331 g/mol. The van der Waals surface area contributed by atoms with Gasteiger partial charge in [0.1, 0.15) is 10.7 Å². The first-order valence-electron chi connectivity index (χ1n) is 6.69. The van der Waals surface area contributed by atoms with Crippen molar-refractivity contribution < 1.29 is 17.6 Å². The predicted octanol–water partition coefficient (Wildman–Crippen LogP) is 1.83. The van der Waals surface area contributed by atoms with Gasteiger partial charge in [0.15, 0.2) is 9.84 Å². The molecule has 1 aromatic rings. The Labute approximate surface area is 137 Å². The highest BCUT2D eigenvalue weighted by Crippen LogP contribution is 2.20. The minimum atomic E-state index is -3.58. The molecule has 1 amide bonds. The maximum atomic E-state index is 13.8. The summed E-state index contributed by atoms with van der Waals surface area (Å²) in [4.78, 5) is 11.3. The molecular formula is C14H22ClFN2O3S. The van der Waals surface area contributed by atoms with Crippen molar-refractivity contribution >= 4 is 28.2 Å². The Kier molecular flexibility index (Phi) is 8.58. The number of carbonyl (C=O) groups is 1. The molecule has 0 saturated carbocycles. The topological polar surface area (TPSA) is 75.3 Å². The molecule has 0 aliphatic heterocycles. The average Bonchev–Trinajstić information content (AvgIpc) is 2.37. The highest BCUT2D eigenvalue weighted by atomic mass is 35.5. The first-order valence-corrected chi connectivity index (χ1v) is 8.58. The van der Waals surface area contributed by atoms with Crippen molar-refractivity contribution in [2.24, 2.45) is 0 Å². The maximum absolute atomic E-state index is 13.8. The molecule has 1 atom stereocenters. The minimum absolute atomic E-state index is 0. The molecule has 0 spiro atoms. The Morgan fingerprint density at radius 1 is 1.36 bits per heavy atom. The van der Waals surface area contributed by atoms with E-state index in [9.17, 15) is 17.6 Å². The highest BCUT2D eigenvalue weighted by molar-refractivity contribution is 7.90. The smallest absolute Gasteiger partial charge is 0.220 e. The van der Waals surface area contributed by atoms with Crippen LogP contribution < -0.4 is 10.6 Å². The van der Waals surface area contributed by atoms with Crippen molar-refractivity contribution in [3.63, 3.8) is 0 Å². The third-order valence-corrected chi connectivity index (χ3v) is 4.19. The molecule has 0 saturated heterocycles. The van der Waals surface area contributed by atoms with E-state index in [1.54, 1.807) is 6.92 Å². The lowest BCUT2D eigenvalue weighted by molar-refractivity contribution is -0.121. The van der Waals surface area contributed by atoms with E-state index in [4.69, 9.17) is 0 Å². The fourth-order valence-electron chi connectivity index (χ4n) is 1.91. The second-order valence-electron chi connectivity index (χ2n) is 4.96. The van der Waals surface area contributed by atoms with Crippen LogP contribution in [0.3, 0.4) is 0 Å². The summed E-state index contributed by atoms with van der Waals surface area (Å²) in [5.41, 5.74) is 0.530. The summed E-state index contributed by atoms with van der Waals surface area (Å²) in [5.74, 6) is -0.920. The van der Waals surface area contributed by atoms with Crippen LogP contribution in [0.2, 0.25) is 0 Å². The predicted molar refractivity (Wildman–Crippen MR) is 86.5 cm³/mol. The van der Waals surface area contributed by atoms with E-state index < -0.39 is 15.7 Å². The van der Waals surface area contributed by atoms with Gasteiger partial charge in [0.25, 0.3) is 0 Å². The average molecular weight is 353 g/mol. The maximum Gasteiger partial charge on any atom is 0.220 e. The normalized spacial score (nSPS) is 12.4. The zero-order chi connectivity index (χ0) is 16.0. The van der Waals surface area contributed by atoms with Gasteiger partial charge in [0, 0.05) is 12.7 Å². The molecule has 2 N–H and O–H groups in total. The van der Waals surface area contributed by atoms with Gasteiger partial charge >= 0.3 is 0 Å². The van der Waals surface area contributed by atoms with Crippen LogP contribution in [-0.4, -0.2) is 34.2 Å². The summed E-state index contributed by atoms with van der Waals surface area (Å²) in [7, 11) is -1.77. The number of benzene rings is 1. The van der Waals surface area contributed by atoms with Crippen LogP contribution >= 0.6 is 12.4 Å². The third-order valence-electron chi connectivity index (χ3n) is 3.06. The van der Waals surface area contributed by atoms with Crippen LogP contribution in [0.4, 0.5) is 4.39 Å². The van der Waals surface area contributed by atoms with Gasteiger partial charge in [0.2, 0.25) is 5.91 Å². The molecule has 22 heavy (non-hydrogen) atoms. The van der Waals surface area contributed by atoms with Crippen molar-refractivity contribution in [3.05, 3.63) is 29.6 Å². The first kappa shape index (κ1) is 20.8. The number of amides is 1. The second-order valence-corrected chi connectivity index (χ2v) is 6.94. The van der Waals surface area contributed by atoms with E-state index in [1.807, 2.05) is 7.05 Å². The van der Waals surface area contributed by atoms with Crippen molar-refractivity contribution in [2.45, 2.75) is 30.7 Å². The Balaban J connectivity index is 0.00000441. The molecule has 0 aliphatic carbocycles. The second kappa shape index (κ2) is 9.07. The van der Waals surface area contributed by atoms with Gasteiger partial charge in [-0.25, -0.2) is 12.8 Å². The lowest BCUT2D eigenvalue weighted by atomic mass is 10.1. The van der Waals surface area contributed by atoms with Gasteiger partial charge in [-0.2, -0.15) is 0 Å². The van der Waals surface area contributed by atoms with E-state index in [0.717, 1.165) is 25.3 Å². The molecule has 0 aliphatic rings. The summed E-state index contributed by atoms with van der Waals surface area (Å²) in [6, 6.07) is 3.51. The minimum Gasteiger partial charge on any atom is -0.350 e. The highest BCUT2D eigenvalue weighted by Gasteiger charge is 2.16. The summed E-state index contributed by atoms with van der Waals surface area (Å²) >= 11 is 0. The molecule has 1 aromatic carbocycles. The van der Waals surface area contributed by atoms with Gasteiger partial charge in [-0.3, -0.25) is 4.79 Å². The lowest BCUT2D eigenvalue weighted by Gasteiger charge is -2.15. The molecule has 126 valence electrons. The number of nitrogens with one attached hydrogen (secondary N) is 2. The van der Waals surface area contributed by atoms with E-state index >= 15 is 0 Å². The van der Waals surface area contributed by atoms with Crippen molar-refractivity contribution in [1.82, 2.24) is 10.6 Å². The van der Waals surface area contributed by atoms with E-state index in [2.05, 4.69) is 10.6 Å². The Hall–Kier alpha value is -1.18. The summed E-state index contributed by atoms with van der Waals surface area (Å²) < 4.78 is 36.5. The molecule has 0 bridgehead atoms. The van der Waals surface area contributed by atoms with Crippen molar-refractivity contribution in [3.8, 4) is 0 Å². The van der Waals surface area contributed by atoms with Crippen LogP contribution in [-0.2, 0) is 14.6 Å². The monoisotopic (exact) mass is 352 g/mol. The number of sulfone groups is 1. The Bertz CT molecular complexity index is 608. The Morgan fingerprint density at radius 3 is 2.50 bits per heavy atom. The van der Waals surface area contributed by atoms with Gasteiger partial charge < -0.3 is 10.6 Å². The SMILES string of the molecule is CNCCCC(=O)NC(C)c1ccc(S(C)(=O)=O)c(F)c1.Cl. The fourth-order valence-corrected chi connectivity index (χ4v) is 2.64. The van der Waals surface area contributed by atoms with Crippen LogP contribution in [0, 0.1) is 5.82 Å². The number of carbonyl (C=O) groups excluding carboxylic acids is 1. The van der Waals surface area contributed by atoms with E-state index in [1.165, 1.54) is 12.1 Å². The molecule has 0 aromatic heterocycles. The molecule has 8 heteroatoms. The Morgan fingerprint density at radius 2 is 2.00 bits per heavy atom. The van der Waals surface area contributed by atoms with Crippen LogP contribution in [0.25, 0.3) is 0 Å². The molecule has 1 rings (SSSR count). The van der Waals surface area contributed by atoms with Crippen LogP contribution in [0.5, 0.6) is 0 Å². The van der Waals surface area contributed by atoms with Gasteiger partial charge in [-0.05, 0) is 44.6 Å². The van der Waals surface area contributed by atoms with Crippen molar-refractivity contribution in [2.75, 3.05) is 19.8 Å². The molecule has 0 radical (unpaired) electrons. The summed E-state index contributed by atoms with van der Waals surface area (Å²) in [6.07, 6.45) is 2.06. The van der Waals surface area contributed by atoms with Crippen molar-refractivity contribution in [1.29, 1.82) is 0 Å². The van der Waals surface area contributed by atoms with E-state index in [0.29, 0.717) is 12.0 Å². The fraction of sp³-hybridized carbons (Fsp3) is 0.500. The van der Waals surface area contributed by atoms with Crippen LogP contribution in [0.15, 0.2) is 23.1 Å². The molecule has 0 fully saturated rings. The number of hydrogen-bond donors (Lipinski definition) is 2. The zero-order valence-corrected chi connectivity index (χ0v) is 14.5. The summed E-state index contributed by atoms with van der Waals surface area (Å²) in [6.45, 7) is 2.48. The molecule has 0 heterocycles. The quantitative estimate of drug-likeness (QED) is 0.734. The largest absolute Gasteiger partial charge is 0.350 e. The lowest BCUT2D eigenvalue weighted by Crippen LogP contribution is -2.27. The first-order chi connectivity index (χ1) is 9.75.